The average molecular weight is 445 g/mol. The molecule has 0 unspecified atom stereocenters. The van der Waals surface area contributed by atoms with E-state index in [1.165, 1.54) is 18.5 Å². The van der Waals surface area contributed by atoms with E-state index in [1.54, 1.807) is 21.5 Å². The van der Waals surface area contributed by atoms with E-state index in [-0.39, 0.29) is 12.1 Å². The van der Waals surface area contributed by atoms with Gasteiger partial charge in [0, 0.05) is 17.5 Å². The van der Waals surface area contributed by atoms with Crippen molar-refractivity contribution in [3.63, 3.8) is 0 Å². The molecule has 1 N–H and O–H groups in total. The Hall–Kier alpha value is -4.47. The summed E-state index contributed by atoms with van der Waals surface area (Å²) in [6, 6.07) is 14.6. The molecule has 4 heterocycles. The number of benzene rings is 1. The SMILES string of the molecule is Cc1cccc(-n2nc(CC(=O)Nc3cccc(F)c3F)cc2-c2ccc3ncnn3c2)n1. The molecule has 5 aromatic rings. The molecule has 0 saturated carbocycles. The molecule has 5 rings (SSSR count). The monoisotopic (exact) mass is 445 g/mol. The Labute approximate surface area is 186 Å². The highest BCUT2D eigenvalue weighted by molar-refractivity contribution is 5.92. The molecule has 0 atom stereocenters. The van der Waals surface area contributed by atoms with Crippen LogP contribution in [0, 0.1) is 18.6 Å². The largest absolute Gasteiger partial charge is 0.323 e. The van der Waals surface area contributed by atoms with Gasteiger partial charge in [-0.05, 0) is 49.4 Å². The lowest BCUT2D eigenvalue weighted by Crippen LogP contribution is -2.16. The molecule has 0 radical (unpaired) electrons. The van der Waals surface area contributed by atoms with Crippen molar-refractivity contribution in [3.8, 4) is 17.1 Å². The number of nitrogens with one attached hydrogen (secondary N) is 1. The number of fused-ring (bicyclic) bond motifs is 1. The van der Waals surface area contributed by atoms with E-state index in [4.69, 9.17) is 0 Å². The Bertz CT molecular complexity index is 1490. The number of aryl methyl sites for hydroxylation is 1. The third-order valence-corrected chi connectivity index (χ3v) is 4.99. The van der Waals surface area contributed by atoms with E-state index in [0.717, 1.165) is 17.3 Å². The molecular weight excluding hydrogens is 428 g/mol. The number of amides is 1. The van der Waals surface area contributed by atoms with Gasteiger partial charge in [0.1, 0.15) is 6.33 Å². The lowest BCUT2D eigenvalue weighted by atomic mass is 10.1. The third-order valence-electron chi connectivity index (χ3n) is 4.99. The summed E-state index contributed by atoms with van der Waals surface area (Å²) in [5.41, 5.74) is 3.17. The minimum absolute atomic E-state index is 0.145. The van der Waals surface area contributed by atoms with Gasteiger partial charge in [-0.1, -0.05) is 12.1 Å². The molecule has 4 aromatic heterocycles. The summed E-state index contributed by atoms with van der Waals surface area (Å²) in [5, 5.41) is 11.1. The second kappa shape index (κ2) is 8.23. The molecule has 0 spiro atoms. The predicted molar refractivity (Wildman–Crippen MR) is 117 cm³/mol. The van der Waals surface area contributed by atoms with Crippen molar-refractivity contribution in [3.05, 3.63) is 90.1 Å². The molecule has 8 nitrogen and oxygen atoms in total. The maximum atomic E-state index is 13.9. The molecule has 0 fully saturated rings. The van der Waals surface area contributed by atoms with Gasteiger partial charge in [-0.25, -0.2) is 27.9 Å². The van der Waals surface area contributed by atoms with E-state index < -0.39 is 17.5 Å². The van der Waals surface area contributed by atoms with Gasteiger partial charge in [0.05, 0.1) is 23.5 Å². The lowest BCUT2D eigenvalue weighted by molar-refractivity contribution is -0.115. The number of carbonyl (C=O) groups excluding carboxylic acids is 1. The Morgan fingerprint density at radius 1 is 1.09 bits per heavy atom. The van der Waals surface area contributed by atoms with Crippen LogP contribution in [-0.4, -0.2) is 35.3 Å². The van der Waals surface area contributed by atoms with Crippen molar-refractivity contribution in [2.45, 2.75) is 13.3 Å². The predicted octanol–water partition coefficient (Wildman–Crippen LogP) is 3.74. The van der Waals surface area contributed by atoms with Crippen LogP contribution in [0.5, 0.6) is 0 Å². The Balaban J connectivity index is 1.51. The van der Waals surface area contributed by atoms with Crippen LogP contribution in [0.1, 0.15) is 11.4 Å². The number of halogens is 2. The highest BCUT2D eigenvalue weighted by Gasteiger charge is 2.17. The number of aromatic nitrogens is 6. The number of pyridine rings is 2. The standard InChI is InChI=1S/C23H17F2N7O/c1-14-4-2-7-21(28-14)32-19(15-8-9-20-26-13-27-31(20)12-15)10-16(30-32)11-22(33)29-18-6-3-5-17(24)23(18)25/h2-10,12-13H,11H2,1H3,(H,29,33). The zero-order valence-corrected chi connectivity index (χ0v) is 17.4. The van der Waals surface area contributed by atoms with E-state index in [9.17, 15) is 13.6 Å². The summed E-state index contributed by atoms with van der Waals surface area (Å²) in [4.78, 5) is 21.2. The summed E-state index contributed by atoms with van der Waals surface area (Å²) in [6.45, 7) is 1.87. The summed E-state index contributed by atoms with van der Waals surface area (Å²) >= 11 is 0. The van der Waals surface area contributed by atoms with Crippen LogP contribution < -0.4 is 5.32 Å². The Kier molecular flexibility index (Phi) is 5.09. The van der Waals surface area contributed by atoms with Crippen LogP contribution in [0.3, 0.4) is 0 Å². The first-order valence-corrected chi connectivity index (χ1v) is 10.0. The first-order valence-electron chi connectivity index (χ1n) is 10.0. The second-order valence-electron chi connectivity index (χ2n) is 7.38. The molecule has 0 saturated heterocycles. The number of hydrogen-bond acceptors (Lipinski definition) is 5. The first-order chi connectivity index (χ1) is 16.0. The van der Waals surface area contributed by atoms with Crippen molar-refractivity contribution in [1.29, 1.82) is 0 Å². The van der Waals surface area contributed by atoms with Crippen molar-refractivity contribution in [1.82, 2.24) is 29.4 Å². The van der Waals surface area contributed by atoms with Gasteiger partial charge in [0.15, 0.2) is 23.1 Å². The van der Waals surface area contributed by atoms with Crippen LogP contribution in [-0.2, 0) is 11.2 Å². The second-order valence-corrected chi connectivity index (χ2v) is 7.38. The normalized spacial score (nSPS) is 11.1. The van der Waals surface area contributed by atoms with Crippen molar-refractivity contribution >= 4 is 17.2 Å². The number of rotatable bonds is 5. The molecule has 0 bridgehead atoms. The fourth-order valence-electron chi connectivity index (χ4n) is 3.47. The van der Waals surface area contributed by atoms with Gasteiger partial charge in [0.2, 0.25) is 5.91 Å². The molecular formula is C23H17F2N7O. The average Bonchev–Trinajstić information content (AvgIpc) is 3.43. The van der Waals surface area contributed by atoms with Gasteiger partial charge in [0.25, 0.3) is 0 Å². The minimum atomic E-state index is -1.11. The van der Waals surface area contributed by atoms with E-state index >= 15 is 0 Å². The highest BCUT2D eigenvalue weighted by atomic mass is 19.2. The number of nitrogens with zero attached hydrogens (tertiary/aromatic N) is 6. The van der Waals surface area contributed by atoms with Gasteiger partial charge < -0.3 is 5.32 Å². The molecule has 164 valence electrons. The molecule has 0 aliphatic carbocycles. The number of anilines is 1. The van der Waals surface area contributed by atoms with Crippen LogP contribution in [0.15, 0.2) is 67.1 Å². The van der Waals surface area contributed by atoms with Crippen molar-refractivity contribution < 1.29 is 13.6 Å². The summed E-state index contributed by atoms with van der Waals surface area (Å²) in [7, 11) is 0. The van der Waals surface area contributed by atoms with Gasteiger partial charge >= 0.3 is 0 Å². The zero-order valence-electron chi connectivity index (χ0n) is 17.4. The first kappa shape index (κ1) is 20.4. The number of carbonyl (C=O) groups is 1. The molecule has 33 heavy (non-hydrogen) atoms. The highest BCUT2D eigenvalue weighted by Crippen LogP contribution is 2.24. The molecule has 0 aliphatic rings. The van der Waals surface area contributed by atoms with Gasteiger partial charge in [-0.3, -0.25) is 4.79 Å². The van der Waals surface area contributed by atoms with Crippen molar-refractivity contribution in [2.24, 2.45) is 0 Å². The summed E-state index contributed by atoms with van der Waals surface area (Å²) in [6.07, 6.45) is 3.12. The van der Waals surface area contributed by atoms with E-state index in [1.807, 2.05) is 37.3 Å². The maximum Gasteiger partial charge on any atom is 0.230 e. The van der Waals surface area contributed by atoms with E-state index in [2.05, 4.69) is 25.5 Å². The quantitative estimate of drug-likeness (QED) is 0.445. The van der Waals surface area contributed by atoms with Gasteiger partial charge in [-0.2, -0.15) is 10.2 Å². The Morgan fingerprint density at radius 2 is 1.94 bits per heavy atom. The fourth-order valence-corrected chi connectivity index (χ4v) is 3.47. The fraction of sp³-hybridized carbons (Fsp3) is 0.0870. The lowest BCUT2D eigenvalue weighted by Gasteiger charge is -2.07. The summed E-state index contributed by atoms with van der Waals surface area (Å²) < 4.78 is 30.6. The number of hydrogen-bond donors (Lipinski definition) is 1. The zero-order chi connectivity index (χ0) is 22.9. The maximum absolute atomic E-state index is 13.9. The summed E-state index contributed by atoms with van der Waals surface area (Å²) in [5.74, 6) is -2.10. The minimum Gasteiger partial charge on any atom is -0.323 e. The molecule has 10 heteroatoms. The molecule has 1 amide bonds. The van der Waals surface area contributed by atoms with Crippen LogP contribution in [0.25, 0.3) is 22.7 Å². The van der Waals surface area contributed by atoms with E-state index in [0.29, 0.717) is 22.9 Å². The third kappa shape index (κ3) is 4.05. The van der Waals surface area contributed by atoms with Crippen LogP contribution >= 0.6 is 0 Å². The van der Waals surface area contributed by atoms with Gasteiger partial charge in [-0.15, -0.1) is 0 Å². The van der Waals surface area contributed by atoms with Crippen molar-refractivity contribution in [2.75, 3.05) is 5.32 Å². The van der Waals surface area contributed by atoms with Crippen LogP contribution in [0.2, 0.25) is 0 Å². The van der Waals surface area contributed by atoms with Crippen LogP contribution in [0.4, 0.5) is 14.5 Å². The molecule has 1 aromatic carbocycles. The smallest absolute Gasteiger partial charge is 0.230 e. The Morgan fingerprint density at radius 3 is 2.79 bits per heavy atom. The molecule has 0 aliphatic heterocycles. The topological polar surface area (TPSA) is 90.0 Å².